The Balaban J connectivity index is 1.83. The van der Waals surface area contributed by atoms with Gasteiger partial charge in [-0.3, -0.25) is 0 Å². The van der Waals surface area contributed by atoms with E-state index >= 15 is 0 Å². The lowest BCUT2D eigenvalue weighted by atomic mass is 10.1. The molecule has 102 valence electrons. The second-order valence-electron chi connectivity index (χ2n) is 4.55. The minimum absolute atomic E-state index is 0.130. The van der Waals surface area contributed by atoms with E-state index in [4.69, 9.17) is 14.9 Å². The molecule has 0 amide bonds. The Morgan fingerprint density at radius 2 is 2.00 bits per heavy atom. The van der Waals surface area contributed by atoms with Gasteiger partial charge in [-0.25, -0.2) is 0 Å². The molecule has 0 saturated carbocycles. The highest BCUT2D eigenvalue weighted by Gasteiger charge is 2.08. The second kappa shape index (κ2) is 5.27. The van der Waals surface area contributed by atoms with Crippen molar-refractivity contribution >= 4 is 11.0 Å². The Morgan fingerprint density at radius 1 is 1.15 bits per heavy atom. The number of rotatable bonds is 4. The minimum atomic E-state index is 0.130. The molecule has 0 saturated heterocycles. The van der Waals surface area contributed by atoms with Gasteiger partial charge in [-0.2, -0.15) is 0 Å². The molecule has 4 heteroatoms. The molecule has 20 heavy (non-hydrogen) atoms. The summed E-state index contributed by atoms with van der Waals surface area (Å²) in [5.74, 6) is 0.589. The summed E-state index contributed by atoms with van der Waals surface area (Å²) in [6.45, 7) is 0.826. The first-order valence-corrected chi connectivity index (χ1v) is 6.38. The molecule has 3 aromatic rings. The van der Waals surface area contributed by atoms with Crippen molar-refractivity contribution in [2.45, 2.75) is 13.2 Å². The van der Waals surface area contributed by atoms with Crippen molar-refractivity contribution in [3.63, 3.8) is 0 Å². The zero-order chi connectivity index (χ0) is 13.9. The molecule has 0 atom stereocenters. The Kier molecular flexibility index (Phi) is 3.31. The summed E-state index contributed by atoms with van der Waals surface area (Å²) in [4.78, 5) is 0. The van der Waals surface area contributed by atoms with Crippen LogP contribution in [0.2, 0.25) is 0 Å². The average Bonchev–Trinajstić information content (AvgIpc) is 2.88. The Bertz CT molecular complexity index is 733. The van der Waals surface area contributed by atoms with Gasteiger partial charge in [-0.15, -0.1) is 0 Å². The maximum atomic E-state index is 9.66. The third kappa shape index (κ3) is 2.33. The Morgan fingerprint density at radius 3 is 2.80 bits per heavy atom. The normalized spacial score (nSPS) is 10.8. The van der Waals surface area contributed by atoms with Crippen LogP contribution in [-0.4, -0.2) is 5.11 Å². The van der Waals surface area contributed by atoms with Crippen molar-refractivity contribution in [3.05, 3.63) is 59.9 Å². The topological polar surface area (TPSA) is 68.6 Å². The van der Waals surface area contributed by atoms with Crippen molar-refractivity contribution in [1.82, 2.24) is 0 Å². The monoisotopic (exact) mass is 269 g/mol. The van der Waals surface area contributed by atoms with Crippen molar-refractivity contribution in [3.8, 4) is 11.5 Å². The van der Waals surface area contributed by atoms with E-state index in [-0.39, 0.29) is 5.75 Å². The van der Waals surface area contributed by atoms with Crippen molar-refractivity contribution in [2.75, 3.05) is 0 Å². The molecular weight excluding hydrogens is 254 g/mol. The molecular formula is C16H15NO3. The van der Waals surface area contributed by atoms with Crippen LogP contribution in [0.3, 0.4) is 0 Å². The molecule has 0 unspecified atom stereocenters. The predicted molar refractivity (Wildman–Crippen MR) is 76.5 cm³/mol. The number of hydrogen-bond acceptors (Lipinski definition) is 4. The van der Waals surface area contributed by atoms with Gasteiger partial charge in [0.25, 0.3) is 0 Å². The number of hydrogen-bond donors (Lipinski definition) is 2. The largest absolute Gasteiger partial charge is 0.504 e. The van der Waals surface area contributed by atoms with Crippen molar-refractivity contribution in [2.24, 2.45) is 5.73 Å². The molecule has 3 N–H and O–H groups in total. The van der Waals surface area contributed by atoms with Gasteiger partial charge in [-0.1, -0.05) is 24.3 Å². The van der Waals surface area contributed by atoms with E-state index in [0.717, 1.165) is 22.1 Å². The van der Waals surface area contributed by atoms with Gasteiger partial charge >= 0.3 is 0 Å². The van der Waals surface area contributed by atoms with Gasteiger partial charge in [0.1, 0.15) is 12.2 Å². The fourth-order valence-corrected chi connectivity index (χ4v) is 2.10. The molecule has 0 spiro atoms. The van der Waals surface area contributed by atoms with Crippen LogP contribution in [-0.2, 0) is 13.2 Å². The molecule has 1 heterocycles. The lowest BCUT2D eigenvalue weighted by Crippen LogP contribution is -1.96. The summed E-state index contributed by atoms with van der Waals surface area (Å²) in [6, 6.07) is 12.8. The first-order chi connectivity index (χ1) is 9.78. The van der Waals surface area contributed by atoms with Crippen molar-refractivity contribution < 1.29 is 14.3 Å². The Labute approximate surface area is 116 Å². The number of benzene rings is 2. The number of fused-ring (bicyclic) bond motifs is 1. The van der Waals surface area contributed by atoms with Gasteiger partial charge in [0.05, 0.1) is 6.26 Å². The van der Waals surface area contributed by atoms with E-state index in [1.807, 2.05) is 24.3 Å². The first-order valence-electron chi connectivity index (χ1n) is 6.38. The van der Waals surface area contributed by atoms with Crippen LogP contribution in [0.15, 0.2) is 53.1 Å². The van der Waals surface area contributed by atoms with E-state index in [0.29, 0.717) is 18.9 Å². The van der Waals surface area contributed by atoms with E-state index < -0.39 is 0 Å². The van der Waals surface area contributed by atoms with Gasteiger partial charge < -0.3 is 20.0 Å². The SMILES string of the molecule is NCc1ccc2c(COc3ccccc3O)coc2c1. The van der Waals surface area contributed by atoms with Gasteiger partial charge in [0, 0.05) is 17.5 Å². The number of ether oxygens (including phenoxy) is 1. The van der Waals surface area contributed by atoms with Crippen LogP contribution in [0, 0.1) is 0 Å². The van der Waals surface area contributed by atoms with Gasteiger partial charge in [0.2, 0.25) is 0 Å². The van der Waals surface area contributed by atoms with Crippen LogP contribution in [0.25, 0.3) is 11.0 Å². The number of aromatic hydroxyl groups is 1. The molecule has 4 nitrogen and oxygen atoms in total. The van der Waals surface area contributed by atoms with Crippen LogP contribution in [0.1, 0.15) is 11.1 Å². The molecule has 0 fully saturated rings. The van der Waals surface area contributed by atoms with Gasteiger partial charge in [-0.05, 0) is 23.8 Å². The molecule has 0 aliphatic rings. The molecule has 0 bridgehead atoms. The van der Waals surface area contributed by atoms with Crippen LogP contribution >= 0.6 is 0 Å². The van der Waals surface area contributed by atoms with Crippen LogP contribution < -0.4 is 10.5 Å². The molecule has 0 radical (unpaired) electrons. The standard InChI is InChI=1S/C16H15NO3/c17-8-11-5-6-13-12(10-20-16(13)7-11)9-19-15-4-2-1-3-14(15)18/h1-7,10,18H,8-9,17H2. The number of furan rings is 1. The lowest BCUT2D eigenvalue weighted by Gasteiger charge is -2.06. The molecule has 0 aliphatic heterocycles. The number of nitrogens with two attached hydrogens (primary N) is 1. The summed E-state index contributed by atoms with van der Waals surface area (Å²) < 4.78 is 11.1. The quantitative estimate of drug-likeness (QED) is 0.763. The van der Waals surface area contributed by atoms with Crippen molar-refractivity contribution in [1.29, 1.82) is 0 Å². The summed E-state index contributed by atoms with van der Waals surface area (Å²) in [7, 11) is 0. The van der Waals surface area contributed by atoms with Gasteiger partial charge in [0.15, 0.2) is 11.5 Å². The number of phenols is 1. The predicted octanol–water partition coefficient (Wildman–Crippen LogP) is 3.18. The maximum Gasteiger partial charge on any atom is 0.161 e. The lowest BCUT2D eigenvalue weighted by molar-refractivity contribution is 0.289. The highest BCUT2D eigenvalue weighted by Crippen LogP contribution is 2.28. The third-order valence-corrected chi connectivity index (χ3v) is 3.20. The molecule has 0 aliphatic carbocycles. The van der Waals surface area contributed by atoms with E-state index in [1.54, 1.807) is 24.5 Å². The summed E-state index contributed by atoms with van der Waals surface area (Å²) in [5, 5.41) is 10.7. The average molecular weight is 269 g/mol. The molecule has 3 rings (SSSR count). The number of para-hydroxylation sites is 2. The fraction of sp³-hybridized carbons (Fsp3) is 0.125. The number of phenolic OH excluding ortho intramolecular Hbond substituents is 1. The smallest absolute Gasteiger partial charge is 0.161 e. The summed E-state index contributed by atoms with van der Waals surface area (Å²) >= 11 is 0. The van der Waals surface area contributed by atoms with Crippen LogP contribution in [0.4, 0.5) is 0 Å². The highest BCUT2D eigenvalue weighted by atomic mass is 16.5. The highest BCUT2D eigenvalue weighted by molar-refractivity contribution is 5.81. The second-order valence-corrected chi connectivity index (χ2v) is 4.55. The molecule has 2 aromatic carbocycles. The fourth-order valence-electron chi connectivity index (χ4n) is 2.10. The first kappa shape index (κ1) is 12.6. The Hall–Kier alpha value is -2.46. The van der Waals surface area contributed by atoms with E-state index in [2.05, 4.69) is 0 Å². The zero-order valence-corrected chi connectivity index (χ0v) is 10.9. The third-order valence-electron chi connectivity index (χ3n) is 3.20. The minimum Gasteiger partial charge on any atom is -0.504 e. The molecule has 1 aromatic heterocycles. The van der Waals surface area contributed by atoms with E-state index in [9.17, 15) is 5.11 Å². The van der Waals surface area contributed by atoms with E-state index in [1.165, 1.54) is 0 Å². The summed E-state index contributed by atoms with van der Waals surface area (Å²) in [5.41, 5.74) is 8.36. The summed E-state index contributed by atoms with van der Waals surface area (Å²) in [6.07, 6.45) is 1.67. The van der Waals surface area contributed by atoms with Crippen LogP contribution in [0.5, 0.6) is 11.5 Å². The zero-order valence-electron chi connectivity index (χ0n) is 10.9. The maximum absolute atomic E-state index is 9.66.